The molecule has 20 atom stereocenters. The number of hydrogen-bond donors (Lipinski definition) is 1. The normalized spacial score (nSPS) is 43.8. The van der Waals surface area contributed by atoms with Gasteiger partial charge in [0.15, 0.2) is 25.2 Å². The van der Waals surface area contributed by atoms with E-state index in [0.717, 1.165) is 0 Å². The van der Waals surface area contributed by atoms with Gasteiger partial charge in [0.25, 0.3) is 0 Å². The van der Waals surface area contributed by atoms with Crippen molar-refractivity contribution in [2.75, 3.05) is 119 Å². The van der Waals surface area contributed by atoms with Crippen molar-refractivity contribution in [2.45, 2.75) is 123 Å². The van der Waals surface area contributed by atoms with Gasteiger partial charge in [-0.05, 0) is 0 Å². The van der Waals surface area contributed by atoms with Gasteiger partial charge < -0.3 is 99.8 Å². The number of aliphatic hydroxyl groups is 1. The number of aliphatic hydroxyl groups excluding tert-OH is 1. The van der Waals surface area contributed by atoms with Crippen LogP contribution in [0.25, 0.3) is 0 Å². The van der Waals surface area contributed by atoms with Gasteiger partial charge in [-0.3, -0.25) is 0 Å². The summed E-state index contributed by atoms with van der Waals surface area (Å²) in [5.41, 5.74) is 0. The highest BCUT2D eigenvalue weighted by molar-refractivity contribution is 5.00. The molecule has 4 aliphatic heterocycles. The smallest absolute Gasteiger partial charge is 0.187 e. The van der Waals surface area contributed by atoms with Crippen molar-refractivity contribution >= 4 is 0 Å². The summed E-state index contributed by atoms with van der Waals surface area (Å²) in [7, 11) is 19.8. The van der Waals surface area contributed by atoms with Crippen LogP contribution >= 0.6 is 0 Å². The van der Waals surface area contributed by atoms with Gasteiger partial charge in [0, 0.05) is 92.4 Å². The molecular formula is C37H68O21. The zero-order valence-electron chi connectivity index (χ0n) is 36.0. The molecule has 21 nitrogen and oxygen atoms in total. The maximum absolute atomic E-state index is 10.7. The van der Waals surface area contributed by atoms with Crippen LogP contribution in [0.15, 0.2) is 0 Å². The molecule has 58 heavy (non-hydrogen) atoms. The van der Waals surface area contributed by atoms with Crippen molar-refractivity contribution in [3.05, 3.63) is 0 Å². The van der Waals surface area contributed by atoms with Crippen molar-refractivity contribution in [3.8, 4) is 0 Å². The van der Waals surface area contributed by atoms with Crippen LogP contribution in [-0.4, -0.2) is 247 Å². The molecule has 0 bridgehead atoms. The lowest BCUT2D eigenvalue weighted by molar-refractivity contribution is -0.394. The first-order valence-corrected chi connectivity index (χ1v) is 19.1. The molecule has 0 aromatic rings. The summed E-state index contributed by atoms with van der Waals surface area (Å²) in [6.07, 6.45) is -16.8. The van der Waals surface area contributed by atoms with Crippen LogP contribution in [0.2, 0.25) is 0 Å². The average Bonchev–Trinajstić information content (AvgIpc) is 3.22. The van der Waals surface area contributed by atoms with Crippen LogP contribution in [0, 0.1) is 0 Å². The molecule has 0 aromatic heterocycles. The molecule has 0 aliphatic carbocycles. The molecule has 0 amide bonds. The maximum Gasteiger partial charge on any atom is 0.187 e. The first kappa shape index (κ1) is 49.8. The summed E-state index contributed by atoms with van der Waals surface area (Å²) in [4.78, 5) is 0. The summed E-state index contributed by atoms with van der Waals surface area (Å²) >= 11 is 0. The lowest BCUT2D eigenvalue weighted by atomic mass is 9.95. The van der Waals surface area contributed by atoms with Crippen LogP contribution in [0.1, 0.15) is 0 Å². The average molecular weight is 849 g/mol. The molecule has 4 fully saturated rings. The fourth-order valence-electron chi connectivity index (χ4n) is 8.36. The zero-order chi connectivity index (χ0) is 42.5. The van der Waals surface area contributed by atoms with E-state index in [1.807, 2.05) is 0 Å². The SMILES string of the molecule is COC[C@H]1O[C@@H](O)[C@H](OC)[C@@H](OC)[C@@H]1O[C@@H]1O[C@H](COC)[C@@H](O[C@@H]2O[C@H](COC)[C@@H](O[C@@H]3O[C@H](COC)[C@@H](OC)[C@H](OC)[C@H]3OC)[C@H](OC)[C@H]2OC)[C@H](OC)[C@H]1OC. The second kappa shape index (κ2) is 24.7. The molecular weight excluding hydrogens is 780 g/mol. The standard InChI is InChI=1S/C37H68O21/c1-39-14-18-22(43-5)26(44-6)31(49-11)35(53-18)57-24-20(16-41-3)55-37(33(51-13)28(24)46-8)58-25-21(17-42-4)54-36(32(50-12)29(25)47-9)56-23-19(15-40-2)52-34(38)30(48-10)27(23)45-7/h18-38H,14-17H2,1-13H3/t18-,19-,20-,21-,22-,23-,24-,25-,26+,27+,28+,29+,30-,31-,32-,33-,34-,35+,36+,37+/m1/s1. The lowest BCUT2D eigenvalue weighted by Gasteiger charge is -2.51. The number of hydrogen-bond acceptors (Lipinski definition) is 21. The van der Waals surface area contributed by atoms with Gasteiger partial charge in [-0.25, -0.2) is 0 Å². The van der Waals surface area contributed by atoms with Crippen molar-refractivity contribution in [2.24, 2.45) is 0 Å². The van der Waals surface area contributed by atoms with Crippen LogP contribution < -0.4 is 0 Å². The molecule has 21 heteroatoms. The molecule has 0 saturated carbocycles. The fourth-order valence-corrected chi connectivity index (χ4v) is 8.36. The minimum Gasteiger partial charge on any atom is -0.382 e. The Labute approximate surface area is 341 Å². The number of methoxy groups -OCH3 is 13. The van der Waals surface area contributed by atoms with Crippen LogP contribution in [0.4, 0.5) is 0 Å². The van der Waals surface area contributed by atoms with Gasteiger partial charge in [0.2, 0.25) is 0 Å². The Kier molecular flexibility index (Phi) is 21.2. The summed E-state index contributed by atoms with van der Waals surface area (Å²) in [6.45, 7) is 0.389. The number of ether oxygens (including phenoxy) is 20. The third-order valence-electron chi connectivity index (χ3n) is 11.0. The highest BCUT2D eigenvalue weighted by atomic mass is 16.8. The highest BCUT2D eigenvalue weighted by Gasteiger charge is 2.57. The number of rotatable bonds is 23. The first-order chi connectivity index (χ1) is 28.1. The predicted octanol–water partition coefficient (Wildman–Crippen LogP) is -1.25. The largest absolute Gasteiger partial charge is 0.382 e. The van der Waals surface area contributed by atoms with E-state index < -0.39 is 123 Å². The van der Waals surface area contributed by atoms with Gasteiger partial charge in [-0.15, -0.1) is 0 Å². The third kappa shape index (κ3) is 11.0. The minimum atomic E-state index is -1.30. The van der Waals surface area contributed by atoms with E-state index >= 15 is 0 Å². The Morgan fingerprint density at radius 2 is 0.534 bits per heavy atom. The lowest BCUT2D eigenvalue weighted by Crippen LogP contribution is -2.68. The van der Waals surface area contributed by atoms with Crippen molar-refractivity contribution in [3.63, 3.8) is 0 Å². The van der Waals surface area contributed by atoms with Gasteiger partial charge in [0.1, 0.15) is 97.7 Å². The molecule has 4 heterocycles. The molecule has 342 valence electrons. The van der Waals surface area contributed by atoms with Crippen molar-refractivity contribution in [1.29, 1.82) is 0 Å². The van der Waals surface area contributed by atoms with E-state index in [4.69, 9.17) is 94.7 Å². The topological polar surface area (TPSA) is 205 Å². The molecule has 0 radical (unpaired) electrons. The van der Waals surface area contributed by atoms with E-state index in [1.54, 1.807) is 28.4 Å². The Balaban J connectivity index is 1.62. The van der Waals surface area contributed by atoms with Gasteiger partial charge >= 0.3 is 0 Å². The van der Waals surface area contributed by atoms with E-state index in [-0.39, 0.29) is 26.4 Å². The summed E-state index contributed by atoms with van der Waals surface area (Å²) in [5.74, 6) is 0. The van der Waals surface area contributed by atoms with Crippen molar-refractivity contribution in [1.82, 2.24) is 0 Å². The van der Waals surface area contributed by atoms with Gasteiger partial charge in [0.05, 0.1) is 26.4 Å². The van der Waals surface area contributed by atoms with Crippen LogP contribution in [0.5, 0.6) is 0 Å². The second-order valence-electron chi connectivity index (χ2n) is 14.1. The minimum absolute atomic E-state index is 0.0467. The van der Waals surface area contributed by atoms with E-state index in [9.17, 15) is 5.11 Å². The quantitative estimate of drug-likeness (QED) is 0.128. The Morgan fingerprint density at radius 1 is 0.293 bits per heavy atom. The maximum atomic E-state index is 10.7. The van der Waals surface area contributed by atoms with Crippen molar-refractivity contribution < 1.29 is 99.8 Å². The Hall–Kier alpha value is -0.840. The molecule has 0 unspecified atom stereocenters. The molecule has 4 aliphatic rings. The Morgan fingerprint density at radius 3 is 0.810 bits per heavy atom. The molecule has 4 saturated heterocycles. The van der Waals surface area contributed by atoms with E-state index in [0.29, 0.717) is 0 Å². The monoisotopic (exact) mass is 848 g/mol. The second-order valence-corrected chi connectivity index (χ2v) is 14.1. The summed E-state index contributed by atoms with van der Waals surface area (Å²) < 4.78 is 121. The summed E-state index contributed by atoms with van der Waals surface area (Å²) in [6, 6.07) is 0. The van der Waals surface area contributed by atoms with E-state index in [1.165, 1.54) is 64.0 Å². The molecule has 4 rings (SSSR count). The predicted molar refractivity (Wildman–Crippen MR) is 196 cm³/mol. The third-order valence-corrected chi connectivity index (χ3v) is 11.0. The van der Waals surface area contributed by atoms with Crippen LogP contribution in [0.3, 0.4) is 0 Å². The van der Waals surface area contributed by atoms with Crippen LogP contribution in [-0.2, 0) is 94.7 Å². The van der Waals surface area contributed by atoms with Gasteiger partial charge in [-0.2, -0.15) is 0 Å². The molecule has 0 spiro atoms. The zero-order valence-corrected chi connectivity index (χ0v) is 36.0. The first-order valence-electron chi connectivity index (χ1n) is 19.1. The van der Waals surface area contributed by atoms with E-state index in [2.05, 4.69) is 0 Å². The highest BCUT2D eigenvalue weighted by Crippen LogP contribution is 2.38. The molecule has 1 N–H and O–H groups in total. The summed E-state index contributed by atoms with van der Waals surface area (Å²) in [5, 5.41) is 10.7. The fraction of sp³-hybridized carbons (Fsp3) is 1.00. The molecule has 0 aromatic carbocycles. The Bertz CT molecular complexity index is 1130. The van der Waals surface area contributed by atoms with Gasteiger partial charge in [-0.1, -0.05) is 0 Å².